The molecule has 2 N–H and O–H groups in total. The van der Waals surface area contributed by atoms with Crippen LogP contribution in [0, 0.1) is 0 Å². The van der Waals surface area contributed by atoms with E-state index in [9.17, 15) is 13.5 Å². The number of rotatable bonds is 3. The Kier molecular flexibility index (Phi) is 4.07. The molecule has 2 atom stereocenters. The van der Waals surface area contributed by atoms with E-state index < -0.39 is 21.7 Å². The number of piperazine rings is 1. The summed E-state index contributed by atoms with van der Waals surface area (Å²) in [4.78, 5) is 3.42. The van der Waals surface area contributed by atoms with Crippen molar-refractivity contribution in [3.05, 3.63) is 0 Å². The van der Waals surface area contributed by atoms with Crippen LogP contribution in [0.2, 0.25) is 0 Å². The predicted octanol–water partition coefficient (Wildman–Crippen LogP) is -0.824. The summed E-state index contributed by atoms with van der Waals surface area (Å²) in [7, 11) is -4.05. The molecule has 6 nitrogen and oxygen atoms in total. The molecular weight excluding hydrogens is 220 g/mol. The first kappa shape index (κ1) is 12.9. The molecule has 0 saturated carbocycles. The minimum absolute atomic E-state index is 0.245. The molecule has 2 unspecified atom stereocenters. The summed E-state index contributed by atoms with van der Waals surface area (Å²) >= 11 is 0. The first-order valence-corrected chi connectivity index (χ1v) is 6.49. The summed E-state index contributed by atoms with van der Waals surface area (Å²) < 4.78 is 30.7. The van der Waals surface area contributed by atoms with Gasteiger partial charge in [-0.05, 0) is 13.5 Å². The Morgan fingerprint density at radius 3 is 2.47 bits per heavy atom. The lowest BCUT2D eigenvalue weighted by Gasteiger charge is -2.39. The van der Waals surface area contributed by atoms with E-state index in [1.807, 2.05) is 11.8 Å². The van der Waals surface area contributed by atoms with Gasteiger partial charge in [-0.25, -0.2) is 0 Å². The van der Waals surface area contributed by atoms with Gasteiger partial charge in [0.05, 0.1) is 0 Å². The molecule has 1 heterocycles. The molecule has 1 aliphatic rings. The van der Waals surface area contributed by atoms with E-state index in [1.165, 1.54) is 6.92 Å². The molecule has 15 heavy (non-hydrogen) atoms. The van der Waals surface area contributed by atoms with E-state index >= 15 is 0 Å². The molecular formula is C8H18N2O4S. The second-order valence-corrected chi connectivity index (χ2v) is 5.43. The minimum Gasteiger partial charge on any atom is -0.377 e. The number of hydrogen-bond donors (Lipinski definition) is 2. The topological polar surface area (TPSA) is 81.1 Å². The first-order valence-electron chi connectivity index (χ1n) is 4.98. The highest BCUT2D eigenvalue weighted by Crippen LogP contribution is 2.13. The fourth-order valence-electron chi connectivity index (χ4n) is 1.71. The van der Waals surface area contributed by atoms with Crippen molar-refractivity contribution in [2.45, 2.75) is 25.4 Å². The summed E-state index contributed by atoms with van der Waals surface area (Å²) in [6, 6.07) is 0. The molecule has 1 fully saturated rings. The van der Waals surface area contributed by atoms with Crippen molar-refractivity contribution >= 4 is 10.1 Å². The van der Waals surface area contributed by atoms with Gasteiger partial charge in [0.2, 0.25) is 0 Å². The maximum Gasteiger partial charge on any atom is 0.280 e. The lowest BCUT2D eigenvalue weighted by Crippen LogP contribution is -2.56. The number of nitrogens with zero attached hydrogens (tertiary/aromatic N) is 2. The Balaban J connectivity index is 2.62. The normalized spacial score (nSPS) is 27.9. The highest BCUT2D eigenvalue weighted by Gasteiger charge is 2.31. The molecule has 0 aromatic carbocycles. The van der Waals surface area contributed by atoms with E-state index in [2.05, 4.69) is 0 Å². The highest BCUT2D eigenvalue weighted by atomic mass is 32.2. The summed E-state index contributed by atoms with van der Waals surface area (Å²) in [6.07, 6.45) is -0.659. The van der Waals surface area contributed by atoms with Crippen LogP contribution in [-0.4, -0.2) is 65.7 Å². The molecule has 0 aromatic rings. The lowest BCUT2D eigenvalue weighted by atomic mass is 10.3. The average Bonchev–Trinajstić information content (AvgIpc) is 2.15. The van der Waals surface area contributed by atoms with Gasteiger partial charge in [0, 0.05) is 19.6 Å². The maximum atomic E-state index is 10.9. The zero-order valence-corrected chi connectivity index (χ0v) is 9.81. The molecule has 1 saturated heterocycles. The van der Waals surface area contributed by atoms with Crippen molar-refractivity contribution in [3.8, 4) is 0 Å². The van der Waals surface area contributed by atoms with Gasteiger partial charge in [-0.1, -0.05) is 6.92 Å². The van der Waals surface area contributed by atoms with Crippen LogP contribution in [0.15, 0.2) is 0 Å². The fourth-order valence-corrected chi connectivity index (χ4v) is 2.28. The van der Waals surface area contributed by atoms with E-state index in [1.54, 1.807) is 4.90 Å². The standard InChI is InChI=1S/C8H18N2O4S/c1-3-9-4-5-10(6-8(9)11)7(2)15(12,13)14/h7-8,11H,3-6H2,1-2H3,(H,12,13,14). The highest BCUT2D eigenvalue weighted by molar-refractivity contribution is 7.86. The van der Waals surface area contributed by atoms with Crippen LogP contribution in [0.3, 0.4) is 0 Å². The van der Waals surface area contributed by atoms with Crippen molar-refractivity contribution in [1.29, 1.82) is 0 Å². The SMILES string of the molecule is CCN1CCN(C(C)S(=O)(=O)O)CC1O. The maximum absolute atomic E-state index is 10.9. The van der Waals surface area contributed by atoms with Gasteiger partial charge in [-0.2, -0.15) is 8.42 Å². The number of likely N-dealkylation sites (N-methyl/N-ethyl adjacent to an activating group) is 1. The number of aliphatic hydroxyl groups excluding tert-OH is 1. The second kappa shape index (κ2) is 4.75. The van der Waals surface area contributed by atoms with Crippen molar-refractivity contribution in [1.82, 2.24) is 9.80 Å². The smallest absolute Gasteiger partial charge is 0.280 e. The van der Waals surface area contributed by atoms with Gasteiger partial charge in [0.25, 0.3) is 10.1 Å². The molecule has 0 radical (unpaired) electrons. The summed E-state index contributed by atoms with van der Waals surface area (Å²) in [6.45, 7) is 5.47. The third kappa shape index (κ3) is 3.12. The molecule has 0 aromatic heterocycles. The minimum atomic E-state index is -4.05. The third-order valence-corrected chi connectivity index (χ3v) is 4.01. The Morgan fingerprint density at radius 2 is 2.07 bits per heavy atom. The first-order chi connectivity index (χ1) is 6.86. The van der Waals surface area contributed by atoms with Crippen LogP contribution in [0.4, 0.5) is 0 Å². The summed E-state index contributed by atoms with van der Waals surface area (Å²) in [5, 5.41) is 8.71. The molecule has 1 aliphatic heterocycles. The van der Waals surface area contributed by atoms with E-state index in [-0.39, 0.29) is 6.54 Å². The van der Waals surface area contributed by atoms with Crippen molar-refractivity contribution in [3.63, 3.8) is 0 Å². The summed E-state index contributed by atoms with van der Waals surface area (Å²) in [5.74, 6) is 0. The lowest BCUT2D eigenvalue weighted by molar-refractivity contribution is -0.0555. The van der Waals surface area contributed by atoms with Crippen LogP contribution in [0.5, 0.6) is 0 Å². The number of β-amino-alcohol motifs (C(OH)–C–C–N with tert-alkyl or cyclic N) is 1. The molecule has 0 aliphatic carbocycles. The van der Waals surface area contributed by atoms with Gasteiger partial charge in [-0.15, -0.1) is 0 Å². The van der Waals surface area contributed by atoms with Crippen LogP contribution in [0.25, 0.3) is 0 Å². The van der Waals surface area contributed by atoms with Crippen LogP contribution >= 0.6 is 0 Å². The average molecular weight is 238 g/mol. The Hall–Kier alpha value is -0.210. The van der Waals surface area contributed by atoms with Gasteiger partial charge >= 0.3 is 0 Å². The Morgan fingerprint density at radius 1 is 1.47 bits per heavy atom. The molecule has 1 rings (SSSR count). The Labute approximate surface area is 90.2 Å². The van der Waals surface area contributed by atoms with Gasteiger partial charge in [-0.3, -0.25) is 14.4 Å². The number of aliphatic hydroxyl groups is 1. The molecule has 90 valence electrons. The third-order valence-electron chi connectivity index (χ3n) is 2.85. The number of hydrogen-bond acceptors (Lipinski definition) is 5. The van der Waals surface area contributed by atoms with E-state index in [0.29, 0.717) is 13.1 Å². The van der Waals surface area contributed by atoms with E-state index in [0.717, 1.165) is 6.54 Å². The quantitative estimate of drug-likeness (QED) is 0.625. The van der Waals surface area contributed by atoms with Gasteiger partial charge in [0.1, 0.15) is 11.6 Å². The van der Waals surface area contributed by atoms with Crippen LogP contribution in [-0.2, 0) is 10.1 Å². The molecule has 0 amide bonds. The van der Waals surface area contributed by atoms with Crippen molar-refractivity contribution < 1.29 is 18.1 Å². The largest absolute Gasteiger partial charge is 0.377 e. The second-order valence-electron chi connectivity index (χ2n) is 3.72. The molecule has 0 spiro atoms. The zero-order valence-electron chi connectivity index (χ0n) is 9.00. The van der Waals surface area contributed by atoms with Gasteiger partial charge in [0.15, 0.2) is 0 Å². The fraction of sp³-hybridized carbons (Fsp3) is 1.00. The monoisotopic (exact) mass is 238 g/mol. The van der Waals surface area contributed by atoms with Crippen molar-refractivity contribution in [2.24, 2.45) is 0 Å². The predicted molar refractivity (Wildman–Crippen MR) is 55.8 cm³/mol. The van der Waals surface area contributed by atoms with Gasteiger partial charge < -0.3 is 5.11 Å². The van der Waals surface area contributed by atoms with Crippen molar-refractivity contribution in [2.75, 3.05) is 26.2 Å². The van der Waals surface area contributed by atoms with Crippen LogP contribution < -0.4 is 0 Å². The van der Waals surface area contributed by atoms with E-state index in [4.69, 9.17) is 4.55 Å². The Bertz CT molecular complexity index is 306. The zero-order chi connectivity index (χ0) is 11.6. The van der Waals surface area contributed by atoms with Crippen LogP contribution in [0.1, 0.15) is 13.8 Å². The molecule has 0 bridgehead atoms. The molecule has 7 heteroatoms. The summed E-state index contributed by atoms with van der Waals surface area (Å²) in [5.41, 5.74) is 0.